The smallest absolute Gasteiger partial charge is 0.309 e. The first-order valence-electron chi connectivity index (χ1n) is 4.59. The molecule has 0 heterocycles. The largest absolute Gasteiger partial charge is 0.469 e. The standard InChI is InChI=1S/C9H14O4/c1-13-9(12)5-2-6-7(10)3-4(5)8(6)11/h4-8,10-11H,2-3H2,1H3/t4-,5+,6-,7+,8?/m1/s1. The summed E-state index contributed by atoms with van der Waals surface area (Å²) < 4.78 is 4.64. The Morgan fingerprint density at radius 2 is 2.00 bits per heavy atom. The third-order valence-electron chi connectivity index (χ3n) is 3.43. The molecule has 0 amide bonds. The SMILES string of the molecule is COC(=O)[C@H]1C[C@H]2C(O)[C@@H]1C[C@@H]2O. The van der Waals surface area contributed by atoms with Gasteiger partial charge < -0.3 is 14.9 Å². The second-order valence-electron chi connectivity index (χ2n) is 3.99. The number of hydrogen-bond acceptors (Lipinski definition) is 4. The van der Waals surface area contributed by atoms with Crippen molar-refractivity contribution >= 4 is 5.97 Å². The van der Waals surface area contributed by atoms with Crippen LogP contribution in [0.3, 0.4) is 0 Å². The molecular weight excluding hydrogens is 172 g/mol. The lowest BCUT2D eigenvalue weighted by Gasteiger charge is -2.21. The molecule has 1 unspecified atom stereocenters. The third kappa shape index (κ3) is 1.16. The van der Waals surface area contributed by atoms with E-state index in [4.69, 9.17) is 0 Å². The lowest BCUT2D eigenvalue weighted by Crippen LogP contribution is -2.27. The van der Waals surface area contributed by atoms with Crippen molar-refractivity contribution in [1.29, 1.82) is 0 Å². The Hall–Kier alpha value is -0.610. The zero-order valence-electron chi connectivity index (χ0n) is 7.51. The van der Waals surface area contributed by atoms with E-state index in [1.165, 1.54) is 7.11 Å². The summed E-state index contributed by atoms with van der Waals surface area (Å²) in [5.41, 5.74) is 0. The highest BCUT2D eigenvalue weighted by atomic mass is 16.5. The van der Waals surface area contributed by atoms with Crippen LogP contribution in [0.15, 0.2) is 0 Å². The van der Waals surface area contributed by atoms with Gasteiger partial charge in [-0.1, -0.05) is 0 Å². The van der Waals surface area contributed by atoms with E-state index in [0.717, 1.165) is 0 Å². The first-order chi connectivity index (χ1) is 6.15. The normalized spacial score (nSPS) is 48.1. The van der Waals surface area contributed by atoms with Crippen LogP contribution < -0.4 is 0 Å². The maximum Gasteiger partial charge on any atom is 0.309 e. The van der Waals surface area contributed by atoms with E-state index in [2.05, 4.69) is 4.74 Å². The van der Waals surface area contributed by atoms with Crippen molar-refractivity contribution in [3.8, 4) is 0 Å². The molecule has 0 spiro atoms. The molecule has 74 valence electrons. The van der Waals surface area contributed by atoms with Gasteiger partial charge in [-0.15, -0.1) is 0 Å². The molecule has 0 aromatic heterocycles. The van der Waals surface area contributed by atoms with E-state index in [0.29, 0.717) is 12.8 Å². The Morgan fingerprint density at radius 1 is 1.31 bits per heavy atom. The van der Waals surface area contributed by atoms with Gasteiger partial charge in [0.2, 0.25) is 0 Å². The molecule has 0 saturated heterocycles. The number of fused-ring (bicyclic) bond motifs is 2. The van der Waals surface area contributed by atoms with Gasteiger partial charge in [0.15, 0.2) is 0 Å². The molecule has 5 atom stereocenters. The fourth-order valence-corrected chi connectivity index (χ4v) is 2.73. The second kappa shape index (κ2) is 2.96. The fourth-order valence-electron chi connectivity index (χ4n) is 2.73. The van der Waals surface area contributed by atoms with Crippen LogP contribution in [0.25, 0.3) is 0 Å². The van der Waals surface area contributed by atoms with Gasteiger partial charge in [-0.2, -0.15) is 0 Å². The predicted molar refractivity (Wildman–Crippen MR) is 43.7 cm³/mol. The van der Waals surface area contributed by atoms with Crippen LogP contribution in [0, 0.1) is 17.8 Å². The van der Waals surface area contributed by atoms with Crippen LogP contribution in [0.4, 0.5) is 0 Å². The van der Waals surface area contributed by atoms with Crippen molar-refractivity contribution in [2.45, 2.75) is 25.0 Å². The van der Waals surface area contributed by atoms with E-state index in [-0.39, 0.29) is 23.7 Å². The van der Waals surface area contributed by atoms with Crippen molar-refractivity contribution in [2.24, 2.45) is 17.8 Å². The number of aliphatic hydroxyl groups is 2. The van der Waals surface area contributed by atoms with Crippen LogP contribution in [0.2, 0.25) is 0 Å². The monoisotopic (exact) mass is 186 g/mol. The highest BCUT2D eigenvalue weighted by molar-refractivity contribution is 5.73. The third-order valence-corrected chi connectivity index (χ3v) is 3.43. The van der Waals surface area contributed by atoms with Crippen molar-refractivity contribution in [3.63, 3.8) is 0 Å². The van der Waals surface area contributed by atoms with Gasteiger partial charge >= 0.3 is 5.97 Å². The van der Waals surface area contributed by atoms with E-state index in [1.807, 2.05) is 0 Å². The van der Waals surface area contributed by atoms with Gasteiger partial charge in [-0.3, -0.25) is 4.79 Å². The minimum atomic E-state index is -0.515. The number of esters is 1. The number of ether oxygens (including phenoxy) is 1. The number of hydrogen-bond donors (Lipinski definition) is 2. The van der Waals surface area contributed by atoms with Gasteiger partial charge in [-0.25, -0.2) is 0 Å². The Balaban J connectivity index is 2.11. The predicted octanol–water partition coefficient (Wildman–Crippen LogP) is -0.463. The molecule has 0 aromatic carbocycles. The molecule has 2 N–H and O–H groups in total. The topological polar surface area (TPSA) is 66.8 Å². The molecule has 0 aromatic rings. The lowest BCUT2D eigenvalue weighted by atomic mass is 9.87. The highest BCUT2D eigenvalue weighted by Crippen LogP contribution is 2.48. The van der Waals surface area contributed by atoms with Crippen LogP contribution in [-0.2, 0) is 9.53 Å². The maximum atomic E-state index is 11.2. The van der Waals surface area contributed by atoms with Gasteiger partial charge in [0.25, 0.3) is 0 Å². The van der Waals surface area contributed by atoms with E-state index < -0.39 is 12.2 Å². The zero-order valence-corrected chi connectivity index (χ0v) is 7.51. The van der Waals surface area contributed by atoms with Gasteiger partial charge in [-0.05, 0) is 12.8 Å². The molecule has 2 bridgehead atoms. The summed E-state index contributed by atoms with van der Waals surface area (Å²) in [6.07, 6.45) is 0.158. The minimum absolute atomic E-state index is 0.0903. The molecule has 4 nitrogen and oxygen atoms in total. The molecule has 4 heteroatoms. The van der Waals surface area contributed by atoms with Crippen molar-refractivity contribution < 1.29 is 19.7 Å². The molecule has 2 aliphatic rings. The van der Waals surface area contributed by atoms with Crippen LogP contribution in [-0.4, -0.2) is 35.5 Å². The van der Waals surface area contributed by atoms with Crippen molar-refractivity contribution in [2.75, 3.05) is 7.11 Å². The average molecular weight is 186 g/mol. The zero-order chi connectivity index (χ0) is 9.59. The summed E-state index contributed by atoms with van der Waals surface area (Å²) in [5.74, 6) is -0.659. The Morgan fingerprint density at radius 3 is 2.38 bits per heavy atom. The first-order valence-corrected chi connectivity index (χ1v) is 4.59. The Labute approximate surface area is 76.5 Å². The number of carbonyl (C=O) groups is 1. The summed E-state index contributed by atoms with van der Waals surface area (Å²) in [6.45, 7) is 0. The van der Waals surface area contributed by atoms with Gasteiger partial charge in [0.05, 0.1) is 25.2 Å². The van der Waals surface area contributed by atoms with Crippen molar-refractivity contribution in [1.82, 2.24) is 0 Å². The summed E-state index contributed by atoms with van der Waals surface area (Å²) in [7, 11) is 1.36. The highest BCUT2D eigenvalue weighted by Gasteiger charge is 2.54. The molecule has 2 rings (SSSR count). The van der Waals surface area contributed by atoms with Gasteiger partial charge in [0, 0.05) is 11.8 Å². The quantitative estimate of drug-likeness (QED) is 0.544. The minimum Gasteiger partial charge on any atom is -0.469 e. The first kappa shape index (κ1) is 8.97. The summed E-state index contributed by atoms with van der Waals surface area (Å²) >= 11 is 0. The number of methoxy groups -OCH3 is 1. The molecule has 2 saturated carbocycles. The molecule has 0 aliphatic heterocycles. The molecule has 2 aliphatic carbocycles. The molecule has 13 heavy (non-hydrogen) atoms. The fraction of sp³-hybridized carbons (Fsp3) is 0.889. The second-order valence-corrected chi connectivity index (χ2v) is 3.99. The Bertz CT molecular complexity index is 228. The number of rotatable bonds is 1. The van der Waals surface area contributed by atoms with Crippen LogP contribution in [0.5, 0.6) is 0 Å². The van der Waals surface area contributed by atoms with E-state index in [9.17, 15) is 15.0 Å². The molecular formula is C9H14O4. The van der Waals surface area contributed by atoms with Crippen molar-refractivity contribution in [3.05, 3.63) is 0 Å². The summed E-state index contributed by atoms with van der Waals surface area (Å²) in [6, 6.07) is 0. The summed E-state index contributed by atoms with van der Waals surface area (Å²) in [4.78, 5) is 11.2. The maximum absolute atomic E-state index is 11.2. The van der Waals surface area contributed by atoms with Crippen LogP contribution in [0.1, 0.15) is 12.8 Å². The Kier molecular flexibility index (Phi) is 2.04. The molecule has 0 radical (unpaired) electrons. The number of carbonyl (C=O) groups excluding carboxylic acids is 1. The average Bonchev–Trinajstić information content (AvgIpc) is 2.57. The summed E-state index contributed by atoms with van der Waals surface area (Å²) in [5, 5.41) is 19.1. The molecule has 2 fully saturated rings. The lowest BCUT2D eigenvalue weighted by molar-refractivity contribution is -0.148. The van der Waals surface area contributed by atoms with Gasteiger partial charge in [0.1, 0.15) is 0 Å². The number of aliphatic hydroxyl groups excluding tert-OH is 2. The van der Waals surface area contributed by atoms with E-state index >= 15 is 0 Å². The van der Waals surface area contributed by atoms with E-state index in [1.54, 1.807) is 0 Å². The van der Waals surface area contributed by atoms with Crippen LogP contribution >= 0.6 is 0 Å².